The van der Waals surface area contributed by atoms with E-state index in [-0.39, 0.29) is 17.7 Å². The Hall–Kier alpha value is -2.48. The van der Waals surface area contributed by atoms with Crippen LogP contribution in [0.25, 0.3) is 0 Å². The SMILES string of the molecule is CCCN1C[C@H](C(=O)N2CCC(c3cccc(Nc4ncc(C)s4)n3)CC2)CC1=O. The van der Waals surface area contributed by atoms with E-state index in [0.29, 0.717) is 18.9 Å². The van der Waals surface area contributed by atoms with Crippen LogP contribution in [0, 0.1) is 12.8 Å². The van der Waals surface area contributed by atoms with Gasteiger partial charge < -0.3 is 15.1 Å². The van der Waals surface area contributed by atoms with Crippen molar-refractivity contribution in [3.8, 4) is 0 Å². The molecule has 160 valence electrons. The molecule has 7 nitrogen and oxygen atoms in total. The van der Waals surface area contributed by atoms with Crippen LogP contribution in [0.2, 0.25) is 0 Å². The molecule has 0 saturated carbocycles. The highest BCUT2D eigenvalue weighted by Crippen LogP contribution is 2.30. The van der Waals surface area contributed by atoms with Crippen LogP contribution in [0.15, 0.2) is 24.4 Å². The summed E-state index contributed by atoms with van der Waals surface area (Å²) >= 11 is 1.61. The third kappa shape index (κ3) is 4.64. The van der Waals surface area contributed by atoms with E-state index in [1.807, 2.05) is 35.1 Å². The molecule has 2 fully saturated rings. The van der Waals surface area contributed by atoms with Gasteiger partial charge in [-0.1, -0.05) is 13.0 Å². The van der Waals surface area contributed by atoms with E-state index in [0.717, 1.165) is 60.4 Å². The smallest absolute Gasteiger partial charge is 0.227 e. The first-order chi connectivity index (χ1) is 14.5. The second-order valence-corrected chi connectivity index (χ2v) is 9.42. The lowest BCUT2D eigenvalue weighted by molar-refractivity contribution is -0.136. The quantitative estimate of drug-likeness (QED) is 0.763. The van der Waals surface area contributed by atoms with E-state index in [9.17, 15) is 9.59 Å². The molecule has 30 heavy (non-hydrogen) atoms. The molecule has 2 aromatic rings. The minimum atomic E-state index is -0.173. The fourth-order valence-electron chi connectivity index (χ4n) is 4.35. The Morgan fingerprint density at radius 1 is 1.30 bits per heavy atom. The summed E-state index contributed by atoms with van der Waals surface area (Å²) in [5, 5.41) is 4.13. The van der Waals surface area contributed by atoms with E-state index in [4.69, 9.17) is 4.98 Å². The summed E-state index contributed by atoms with van der Waals surface area (Å²) in [6.45, 7) is 6.88. The van der Waals surface area contributed by atoms with Crippen molar-refractivity contribution in [1.29, 1.82) is 0 Å². The van der Waals surface area contributed by atoms with Gasteiger partial charge in [0.2, 0.25) is 11.8 Å². The fourth-order valence-corrected chi connectivity index (χ4v) is 5.02. The Morgan fingerprint density at radius 2 is 2.10 bits per heavy atom. The van der Waals surface area contributed by atoms with Crippen molar-refractivity contribution in [1.82, 2.24) is 19.8 Å². The molecule has 1 atom stereocenters. The number of nitrogens with one attached hydrogen (secondary N) is 1. The maximum atomic E-state index is 12.9. The number of carbonyl (C=O) groups excluding carboxylic acids is 2. The van der Waals surface area contributed by atoms with Gasteiger partial charge >= 0.3 is 0 Å². The number of aryl methyl sites for hydroxylation is 1. The van der Waals surface area contributed by atoms with E-state index < -0.39 is 0 Å². The standard InChI is InChI=1S/C22H29N5O2S/c1-3-9-27-14-17(12-20(27)28)21(29)26-10-7-16(8-11-26)18-5-4-6-19(24-18)25-22-23-13-15(2)30-22/h4-6,13,16-17H,3,7-12,14H2,1-2H3,(H,23,24,25)/t17-/m1/s1. The Kier molecular flexibility index (Phi) is 6.32. The molecule has 2 amide bonds. The number of amides is 2. The summed E-state index contributed by atoms with van der Waals surface area (Å²) in [4.78, 5) is 39.1. The first kappa shape index (κ1) is 20.8. The number of rotatable bonds is 6. The normalized spacial score (nSPS) is 20.1. The van der Waals surface area contributed by atoms with Crippen LogP contribution < -0.4 is 5.32 Å². The number of likely N-dealkylation sites (tertiary alicyclic amines) is 2. The van der Waals surface area contributed by atoms with Gasteiger partial charge in [-0.15, -0.1) is 11.3 Å². The number of hydrogen-bond acceptors (Lipinski definition) is 6. The van der Waals surface area contributed by atoms with Crippen LogP contribution >= 0.6 is 11.3 Å². The molecule has 2 aliphatic heterocycles. The zero-order valence-electron chi connectivity index (χ0n) is 17.6. The molecule has 1 N–H and O–H groups in total. The van der Waals surface area contributed by atoms with Crippen LogP contribution in [0.5, 0.6) is 0 Å². The van der Waals surface area contributed by atoms with Gasteiger partial charge in [-0.2, -0.15) is 0 Å². The molecule has 4 rings (SSSR count). The topological polar surface area (TPSA) is 78.4 Å². The Labute approximate surface area is 181 Å². The third-order valence-electron chi connectivity index (χ3n) is 5.91. The first-order valence-electron chi connectivity index (χ1n) is 10.8. The number of thiazole rings is 1. The molecule has 0 radical (unpaired) electrons. The lowest BCUT2D eigenvalue weighted by Crippen LogP contribution is -2.42. The van der Waals surface area contributed by atoms with Gasteiger partial charge in [0.1, 0.15) is 5.82 Å². The molecule has 0 spiro atoms. The number of anilines is 2. The molecular weight excluding hydrogens is 398 g/mol. The van der Waals surface area contributed by atoms with Gasteiger partial charge in [0.15, 0.2) is 5.13 Å². The van der Waals surface area contributed by atoms with Crippen molar-refractivity contribution in [2.45, 2.75) is 45.4 Å². The molecule has 2 aromatic heterocycles. The van der Waals surface area contributed by atoms with Crippen molar-refractivity contribution < 1.29 is 9.59 Å². The molecule has 0 aromatic carbocycles. The van der Waals surface area contributed by atoms with Crippen molar-refractivity contribution in [2.24, 2.45) is 5.92 Å². The van der Waals surface area contributed by atoms with Crippen LogP contribution in [0.1, 0.15) is 49.1 Å². The highest BCUT2D eigenvalue weighted by atomic mass is 32.1. The van der Waals surface area contributed by atoms with Gasteiger partial charge in [-0.3, -0.25) is 9.59 Å². The largest absolute Gasteiger partial charge is 0.342 e. The number of carbonyl (C=O) groups is 2. The van der Waals surface area contributed by atoms with Crippen LogP contribution in [-0.4, -0.2) is 57.8 Å². The van der Waals surface area contributed by atoms with Crippen LogP contribution in [-0.2, 0) is 9.59 Å². The molecule has 2 aliphatic rings. The molecule has 8 heteroatoms. The second-order valence-electron chi connectivity index (χ2n) is 8.19. The summed E-state index contributed by atoms with van der Waals surface area (Å²) in [5.74, 6) is 1.24. The van der Waals surface area contributed by atoms with E-state index in [1.165, 1.54) is 0 Å². The summed E-state index contributed by atoms with van der Waals surface area (Å²) < 4.78 is 0. The fraction of sp³-hybridized carbons (Fsp3) is 0.545. The minimum Gasteiger partial charge on any atom is -0.342 e. The van der Waals surface area contributed by atoms with Crippen molar-refractivity contribution in [3.05, 3.63) is 35.0 Å². The van der Waals surface area contributed by atoms with Crippen LogP contribution in [0.3, 0.4) is 0 Å². The zero-order valence-corrected chi connectivity index (χ0v) is 18.5. The number of aromatic nitrogens is 2. The Morgan fingerprint density at radius 3 is 2.80 bits per heavy atom. The number of nitrogens with zero attached hydrogens (tertiary/aromatic N) is 4. The van der Waals surface area contributed by atoms with E-state index >= 15 is 0 Å². The molecule has 0 aliphatic carbocycles. The van der Waals surface area contributed by atoms with Gasteiger partial charge in [0.25, 0.3) is 0 Å². The van der Waals surface area contributed by atoms with Gasteiger partial charge in [0, 0.05) is 55.3 Å². The first-order valence-corrected chi connectivity index (χ1v) is 11.6. The molecule has 2 saturated heterocycles. The average molecular weight is 428 g/mol. The summed E-state index contributed by atoms with van der Waals surface area (Å²) in [6, 6.07) is 6.05. The second kappa shape index (κ2) is 9.12. The molecule has 0 bridgehead atoms. The van der Waals surface area contributed by atoms with Crippen molar-refractivity contribution in [2.75, 3.05) is 31.5 Å². The summed E-state index contributed by atoms with van der Waals surface area (Å²) in [6.07, 6.45) is 4.95. The molecule has 4 heterocycles. The summed E-state index contributed by atoms with van der Waals surface area (Å²) in [5.41, 5.74) is 1.06. The number of piperidine rings is 1. The third-order valence-corrected chi connectivity index (χ3v) is 6.74. The maximum Gasteiger partial charge on any atom is 0.227 e. The van der Waals surface area contributed by atoms with Crippen LogP contribution in [0.4, 0.5) is 10.9 Å². The highest BCUT2D eigenvalue weighted by molar-refractivity contribution is 7.15. The van der Waals surface area contributed by atoms with E-state index in [2.05, 4.69) is 23.3 Å². The minimum absolute atomic E-state index is 0.119. The Bertz CT molecular complexity index is 906. The van der Waals surface area contributed by atoms with Crippen molar-refractivity contribution >= 4 is 34.1 Å². The average Bonchev–Trinajstić information content (AvgIpc) is 3.33. The predicted octanol–water partition coefficient (Wildman–Crippen LogP) is 3.55. The number of pyridine rings is 1. The zero-order chi connectivity index (χ0) is 21.1. The maximum absolute atomic E-state index is 12.9. The van der Waals surface area contributed by atoms with Crippen molar-refractivity contribution in [3.63, 3.8) is 0 Å². The van der Waals surface area contributed by atoms with Gasteiger partial charge in [0.05, 0.1) is 5.92 Å². The predicted molar refractivity (Wildman–Crippen MR) is 118 cm³/mol. The highest BCUT2D eigenvalue weighted by Gasteiger charge is 2.37. The molecule has 0 unspecified atom stereocenters. The lowest BCUT2D eigenvalue weighted by atomic mass is 9.92. The monoisotopic (exact) mass is 427 g/mol. The van der Waals surface area contributed by atoms with E-state index in [1.54, 1.807) is 11.3 Å². The number of hydrogen-bond donors (Lipinski definition) is 1. The molecular formula is C22H29N5O2S. The lowest BCUT2D eigenvalue weighted by Gasteiger charge is -2.33. The van der Waals surface area contributed by atoms with Gasteiger partial charge in [-0.05, 0) is 38.3 Å². The van der Waals surface area contributed by atoms with Gasteiger partial charge in [-0.25, -0.2) is 9.97 Å². The summed E-state index contributed by atoms with van der Waals surface area (Å²) in [7, 11) is 0. The Balaban J connectivity index is 1.33.